The van der Waals surface area contributed by atoms with Gasteiger partial charge in [-0.15, -0.1) is 0 Å². The number of carbonyl (C=O) groups excluding carboxylic acids is 1. The standard InChI is InChI=1S/C24H24N4O2/c1-3-30-23(29)22-19-12-11-16(13-20(19)28(2)21(22)14-27-24(25)26)18-10-6-8-15-7-4-5-9-17(15)18/h4-13H,3,14H2,1-2H3,(H4,25,26,27). The van der Waals surface area contributed by atoms with Crippen molar-refractivity contribution in [3.63, 3.8) is 0 Å². The highest BCUT2D eigenvalue weighted by Gasteiger charge is 2.22. The lowest BCUT2D eigenvalue weighted by Crippen LogP contribution is -2.23. The summed E-state index contributed by atoms with van der Waals surface area (Å²) in [5.74, 6) is -0.395. The minimum Gasteiger partial charge on any atom is -0.462 e. The molecule has 0 amide bonds. The molecule has 6 nitrogen and oxygen atoms in total. The second-order valence-corrected chi connectivity index (χ2v) is 7.10. The molecule has 152 valence electrons. The first-order valence-corrected chi connectivity index (χ1v) is 9.83. The van der Waals surface area contributed by atoms with Crippen molar-refractivity contribution in [2.45, 2.75) is 13.5 Å². The molecule has 0 aliphatic heterocycles. The number of hydrogen-bond donors (Lipinski definition) is 2. The van der Waals surface area contributed by atoms with Gasteiger partial charge < -0.3 is 20.8 Å². The van der Waals surface area contributed by atoms with Gasteiger partial charge in [-0.05, 0) is 34.9 Å². The number of nitrogens with zero attached hydrogens (tertiary/aromatic N) is 2. The van der Waals surface area contributed by atoms with Crippen LogP contribution in [0.1, 0.15) is 23.0 Å². The van der Waals surface area contributed by atoms with Crippen LogP contribution in [0, 0.1) is 0 Å². The summed E-state index contributed by atoms with van der Waals surface area (Å²) < 4.78 is 7.27. The number of hydrogen-bond acceptors (Lipinski definition) is 3. The Labute approximate surface area is 174 Å². The molecule has 0 aliphatic carbocycles. The largest absolute Gasteiger partial charge is 0.462 e. The molecule has 0 unspecified atom stereocenters. The Morgan fingerprint density at radius 3 is 2.57 bits per heavy atom. The maximum Gasteiger partial charge on any atom is 0.340 e. The average molecular weight is 400 g/mol. The minimum atomic E-state index is -0.373. The lowest BCUT2D eigenvalue weighted by atomic mass is 9.97. The van der Waals surface area contributed by atoms with E-state index in [1.807, 2.05) is 35.9 Å². The van der Waals surface area contributed by atoms with Crippen LogP contribution in [0.5, 0.6) is 0 Å². The molecule has 0 saturated heterocycles. The maximum absolute atomic E-state index is 12.7. The molecule has 1 heterocycles. The first kappa shape index (κ1) is 19.5. The number of aliphatic imine (C=N–C) groups is 1. The van der Waals surface area contributed by atoms with Gasteiger partial charge in [0.15, 0.2) is 5.96 Å². The van der Waals surface area contributed by atoms with Gasteiger partial charge in [-0.25, -0.2) is 9.79 Å². The molecule has 0 atom stereocenters. The van der Waals surface area contributed by atoms with Crippen LogP contribution in [0.25, 0.3) is 32.8 Å². The molecule has 4 aromatic rings. The Morgan fingerprint density at radius 1 is 1.03 bits per heavy atom. The van der Waals surface area contributed by atoms with Gasteiger partial charge in [-0.3, -0.25) is 0 Å². The Bertz CT molecular complexity index is 1280. The minimum absolute atomic E-state index is 0.0218. The van der Waals surface area contributed by atoms with Crippen LogP contribution in [0.15, 0.2) is 65.7 Å². The fourth-order valence-electron chi connectivity index (χ4n) is 3.92. The predicted molar refractivity (Wildman–Crippen MR) is 121 cm³/mol. The number of rotatable bonds is 5. The lowest BCUT2D eigenvalue weighted by Gasteiger charge is -2.08. The Balaban J connectivity index is 1.94. The van der Waals surface area contributed by atoms with Crippen LogP contribution in [-0.2, 0) is 18.3 Å². The molecule has 3 aromatic carbocycles. The molecular weight excluding hydrogens is 376 g/mol. The summed E-state index contributed by atoms with van der Waals surface area (Å²) in [6.45, 7) is 2.29. The number of benzene rings is 3. The predicted octanol–water partition coefficient (Wildman–Crippen LogP) is 3.95. The number of aromatic nitrogens is 1. The topological polar surface area (TPSA) is 95.6 Å². The smallest absolute Gasteiger partial charge is 0.340 e. The quantitative estimate of drug-likeness (QED) is 0.301. The highest BCUT2D eigenvalue weighted by molar-refractivity contribution is 6.07. The summed E-state index contributed by atoms with van der Waals surface area (Å²) in [6.07, 6.45) is 0. The number of carbonyl (C=O) groups is 1. The molecule has 0 bridgehead atoms. The van der Waals surface area contributed by atoms with Gasteiger partial charge in [0.2, 0.25) is 0 Å². The molecule has 0 aliphatic rings. The SMILES string of the molecule is CCOC(=O)c1c(CN=C(N)N)n(C)c2cc(-c3cccc4ccccc34)ccc12. The monoisotopic (exact) mass is 400 g/mol. The normalized spacial score (nSPS) is 11.0. The second kappa shape index (κ2) is 7.91. The third-order valence-corrected chi connectivity index (χ3v) is 5.31. The molecule has 0 radical (unpaired) electrons. The van der Waals surface area contributed by atoms with E-state index in [4.69, 9.17) is 16.2 Å². The van der Waals surface area contributed by atoms with Gasteiger partial charge in [-0.1, -0.05) is 54.6 Å². The summed E-state index contributed by atoms with van der Waals surface area (Å²) in [4.78, 5) is 16.8. The van der Waals surface area contributed by atoms with E-state index in [9.17, 15) is 4.79 Å². The van der Waals surface area contributed by atoms with Crippen LogP contribution in [0.2, 0.25) is 0 Å². The van der Waals surface area contributed by atoms with Crippen LogP contribution in [-0.4, -0.2) is 23.1 Å². The van der Waals surface area contributed by atoms with Gasteiger partial charge in [0.1, 0.15) is 0 Å². The van der Waals surface area contributed by atoms with E-state index in [0.717, 1.165) is 22.0 Å². The number of aryl methyl sites for hydroxylation is 1. The number of nitrogens with two attached hydrogens (primary N) is 2. The lowest BCUT2D eigenvalue weighted by molar-refractivity contribution is 0.0527. The van der Waals surface area contributed by atoms with Crippen LogP contribution < -0.4 is 11.5 Å². The molecule has 4 N–H and O–H groups in total. The summed E-state index contributed by atoms with van der Waals surface area (Å²) >= 11 is 0. The third-order valence-electron chi connectivity index (χ3n) is 5.31. The highest BCUT2D eigenvalue weighted by atomic mass is 16.5. The van der Waals surface area contributed by atoms with Crippen molar-refractivity contribution in [1.82, 2.24) is 4.57 Å². The van der Waals surface area contributed by atoms with Crippen LogP contribution >= 0.6 is 0 Å². The van der Waals surface area contributed by atoms with E-state index < -0.39 is 0 Å². The van der Waals surface area contributed by atoms with Crippen LogP contribution in [0.4, 0.5) is 0 Å². The summed E-state index contributed by atoms with van der Waals surface area (Å²) in [6, 6.07) is 20.7. The van der Waals surface area contributed by atoms with Crippen molar-refractivity contribution in [3.8, 4) is 11.1 Å². The summed E-state index contributed by atoms with van der Waals surface area (Å²) in [5.41, 5.74) is 15.4. The fraction of sp³-hybridized carbons (Fsp3) is 0.167. The molecular formula is C24H24N4O2. The van der Waals surface area contributed by atoms with Crippen molar-refractivity contribution in [1.29, 1.82) is 0 Å². The zero-order valence-corrected chi connectivity index (χ0v) is 17.1. The summed E-state index contributed by atoms with van der Waals surface area (Å²) in [7, 11) is 1.91. The van der Waals surface area contributed by atoms with Gasteiger partial charge in [0.25, 0.3) is 0 Å². The zero-order chi connectivity index (χ0) is 21.3. The van der Waals surface area contributed by atoms with Crippen molar-refractivity contribution in [3.05, 3.63) is 71.9 Å². The molecule has 1 aromatic heterocycles. The molecule has 0 saturated carbocycles. The van der Waals surface area contributed by atoms with E-state index in [0.29, 0.717) is 17.9 Å². The molecule has 4 rings (SSSR count). The van der Waals surface area contributed by atoms with Crippen molar-refractivity contribution in [2.75, 3.05) is 6.61 Å². The Morgan fingerprint density at radius 2 is 1.80 bits per heavy atom. The maximum atomic E-state index is 12.7. The third kappa shape index (κ3) is 3.37. The van der Waals surface area contributed by atoms with Gasteiger partial charge in [-0.2, -0.15) is 0 Å². The van der Waals surface area contributed by atoms with E-state index in [-0.39, 0.29) is 18.5 Å². The van der Waals surface area contributed by atoms with E-state index in [1.165, 1.54) is 10.8 Å². The first-order chi connectivity index (χ1) is 14.5. The van der Waals surface area contributed by atoms with Crippen LogP contribution in [0.3, 0.4) is 0 Å². The van der Waals surface area contributed by atoms with E-state index in [1.54, 1.807) is 6.92 Å². The first-order valence-electron chi connectivity index (χ1n) is 9.83. The summed E-state index contributed by atoms with van der Waals surface area (Å²) in [5, 5.41) is 3.18. The molecule has 0 spiro atoms. The number of fused-ring (bicyclic) bond motifs is 2. The van der Waals surface area contributed by atoms with Gasteiger partial charge in [0, 0.05) is 18.0 Å². The number of esters is 1. The van der Waals surface area contributed by atoms with Crippen molar-refractivity contribution >= 4 is 33.6 Å². The Hall–Kier alpha value is -3.80. The highest BCUT2D eigenvalue weighted by Crippen LogP contribution is 2.34. The van der Waals surface area contributed by atoms with E-state index >= 15 is 0 Å². The average Bonchev–Trinajstić information content (AvgIpc) is 3.03. The van der Waals surface area contributed by atoms with Crippen molar-refractivity contribution < 1.29 is 9.53 Å². The van der Waals surface area contributed by atoms with Crippen molar-refractivity contribution in [2.24, 2.45) is 23.5 Å². The molecule has 6 heteroatoms. The second-order valence-electron chi connectivity index (χ2n) is 7.10. The van der Waals surface area contributed by atoms with Gasteiger partial charge in [0.05, 0.1) is 24.4 Å². The Kier molecular flexibility index (Phi) is 5.14. The van der Waals surface area contributed by atoms with E-state index in [2.05, 4.69) is 41.4 Å². The zero-order valence-electron chi connectivity index (χ0n) is 17.1. The van der Waals surface area contributed by atoms with Gasteiger partial charge >= 0.3 is 5.97 Å². The number of ether oxygens (including phenoxy) is 1. The molecule has 0 fully saturated rings. The number of guanidine groups is 1. The molecule has 30 heavy (non-hydrogen) atoms. The fourth-order valence-corrected chi connectivity index (χ4v) is 3.92.